The smallest absolute Gasteiger partial charge is 0.193 e. The number of hydrogen-bond donors (Lipinski definition) is 0. The molecule has 2 rings (SSSR count). The molecular weight excluding hydrogens is 232 g/mol. The van der Waals surface area contributed by atoms with E-state index in [0.717, 1.165) is 11.1 Å². The fraction of sp³-hybridized carbons (Fsp3) is 0.133. The van der Waals surface area contributed by atoms with Crippen molar-refractivity contribution in [1.82, 2.24) is 0 Å². The molecular formula is C15H13ClO. The van der Waals surface area contributed by atoms with Gasteiger partial charge in [-0.15, -0.1) is 0 Å². The number of ketones is 1. The molecule has 1 nitrogen and oxygen atoms in total. The fourth-order valence-corrected chi connectivity index (χ4v) is 1.79. The zero-order chi connectivity index (χ0) is 12.4. The Hall–Kier alpha value is -1.60. The van der Waals surface area contributed by atoms with Gasteiger partial charge in [0.2, 0.25) is 0 Å². The number of carbonyl (C=O) groups excluding carboxylic acids is 1. The number of benzene rings is 2. The first-order valence-electron chi connectivity index (χ1n) is 5.45. The van der Waals surface area contributed by atoms with Gasteiger partial charge in [0.05, 0.1) is 0 Å². The van der Waals surface area contributed by atoms with Crippen LogP contribution in [0.15, 0.2) is 42.5 Å². The first-order chi connectivity index (χ1) is 8.08. The van der Waals surface area contributed by atoms with Crippen LogP contribution in [0.5, 0.6) is 0 Å². The van der Waals surface area contributed by atoms with Crippen molar-refractivity contribution in [2.45, 2.75) is 13.8 Å². The van der Waals surface area contributed by atoms with E-state index in [9.17, 15) is 4.79 Å². The molecule has 0 fully saturated rings. The molecule has 0 amide bonds. The van der Waals surface area contributed by atoms with E-state index in [0.29, 0.717) is 16.1 Å². The van der Waals surface area contributed by atoms with E-state index in [-0.39, 0.29) is 5.78 Å². The summed E-state index contributed by atoms with van der Waals surface area (Å²) in [4.78, 5) is 12.2. The Balaban J connectivity index is 2.37. The minimum Gasteiger partial charge on any atom is -0.289 e. The van der Waals surface area contributed by atoms with E-state index in [1.54, 1.807) is 6.07 Å². The molecule has 86 valence electrons. The predicted octanol–water partition coefficient (Wildman–Crippen LogP) is 4.19. The van der Waals surface area contributed by atoms with E-state index < -0.39 is 0 Å². The summed E-state index contributed by atoms with van der Waals surface area (Å²) in [5.41, 5.74) is 3.44. The lowest BCUT2D eigenvalue weighted by Crippen LogP contribution is -2.01. The van der Waals surface area contributed by atoms with Gasteiger partial charge in [-0.1, -0.05) is 53.6 Å². The van der Waals surface area contributed by atoms with Gasteiger partial charge in [0.25, 0.3) is 0 Å². The Morgan fingerprint density at radius 1 is 0.941 bits per heavy atom. The summed E-state index contributed by atoms with van der Waals surface area (Å²) in [5, 5.41) is 0.628. The molecule has 2 aromatic carbocycles. The molecule has 0 radical (unpaired) electrons. The monoisotopic (exact) mass is 244 g/mol. The van der Waals surface area contributed by atoms with Crippen LogP contribution in [0.25, 0.3) is 0 Å². The highest BCUT2D eigenvalue weighted by molar-refractivity contribution is 6.31. The van der Waals surface area contributed by atoms with Crippen LogP contribution >= 0.6 is 11.6 Å². The third-order valence-corrected chi connectivity index (χ3v) is 3.15. The topological polar surface area (TPSA) is 17.1 Å². The molecule has 0 aromatic heterocycles. The Morgan fingerprint density at radius 2 is 1.53 bits per heavy atom. The van der Waals surface area contributed by atoms with Crippen molar-refractivity contribution >= 4 is 17.4 Å². The van der Waals surface area contributed by atoms with Gasteiger partial charge in [-0.2, -0.15) is 0 Å². The number of halogens is 1. The van der Waals surface area contributed by atoms with Crippen molar-refractivity contribution in [3.05, 3.63) is 69.7 Å². The van der Waals surface area contributed by atoms with Gasteiger partial charge < -0.3 is 0 Å². The highest BCUT2D eigenvalue weighted by Gasteiger charge is 2.09. The summed E-state index contributed by atoms with van der Waals surface area (Å²) < 4.78 is 0. The lowest BCUT2D eigenvalue weighted by Gasteiger charge is -2.04. The average molecular weight is 245 g/mol. The van der Waals surface area contributed by atoms with Crippen molar-refractivity contribution in [1.29, 1.82) is 0 Å². The minimum absolute atomic E-state index is 0.00639. The van der Waals surface area contributed by atoms with E-state index in [4.69, 9.17) is 11.6 Å². The van der Waals surface area contributed by atoms with Gasteiger partial charge in [0.1, 0.15) is 0 Å². The third kappa shape index (κ3) is 2.56. The van der Waals surface area contributed by atoms with Gasteiger partial charge in [-0.25, -0.2) is 0 Å². The first-order valence-corrected chi connectivity index (χ1v) is 5.83. The van der Waals surface area contributed by atoms with Crippen molar-refractivity contribution in [2.24, 2.45) is 0 Å². The normalized spacial score (nSPS) is 10.3. The molecule has 2 heteroatoms. The molecule has 0 spiro atoms. The summed E-state index contributed by atoms with van der Waals surface area (Å²) in [5.74, 6) is 0.00639. The highest BCUT2D eigenvalue weighted by atomic mass is 35.5. The summed E-state index contributed by atoms with van der Waals surface area (Å²) in [6.07, 6.45) is 0. The maximum atomic E-state index is 12.2. The van der Waals surface area contributed by atoms with Gasteiger partial charge in [0, 0.05) is 16.1 Å². The number of aryl methyl sites for hydroxylation is 2. The van der Waals surface area contributed by atoms with Crippen molar-refractivity contribution in [3.63, 3.8) is 0 Å². The van der Waals surface area contributed by atoms with Gasteiger partial charge in [-0.3, -0.25) is 4.79 Å². The third-order valence-electron chi connectivity index (χ3n) is 2.75. The maximum absolute atomic E-state index is 12.2. The second kappa shape index (κ2) is 4.72. The summed E-state index contributed by atoms with van der Waals surface area (Å²) in [6.45, 7) is 3.92. The Labute approximate surface area is 106 Å². The molecule has 17 heavy (non-hydrogen) atoms. The fourth-order valence-electron chi connectivity index (χ4n) is 1.61. The van der Waals surface area contributed by atoms with Gasteiger partial charge >= 0.3 is 0 Å². The second-order valence-corrected chi connectivity index (χ2v) is 4.57. The van der Waals surface area contributed by atoms with Crippen LogP contribution < -0.4 is 0 Å². The molecule has 2 aromatic rings. The van der Waals surface area contributed by atoms with E-state index in [1.165, 1.54) is 0 Å². The minimum atomic E-state index is 0.00639. The van der Waals surface area contributed by atoms with E-state index in [2.05, 4.69) is 0 Å². The van der Waals surface area contributed by atoms with Crippen LogP contribution in [0.1, 0.15) is 27.0 Å². The van der Waals surface area contributed by atoms with Crippen molar-refractivity contribution in [2.75, 3.05) is 0 Å². The largest absolute Gasteiger partial charge is 0.289 e. The molecule has 0 heterocycles. The van der Waals surface area contributed by atoms with Crippen molar-refractivity contribution in [3.8, 4) is 0 Å². The molecule has 0 bridgehead atoms. The van der Waals surface area contributed by atoms with Crippen LogP contribution in [0.4, 0.5) is 0 Å². The van der Waals surface area contributed by atoms with Crippen molar-refractivity contribution < 1.29 is 4.79 Å². The predicted molar refractivity (Wildman–Crippen MR) is 70.8 cm³/mol. The van der Waals surface area contributed by atoms with E-state index in [1.807, 2.05) is 50.2 Å². The lowest BCUT2D eigenvalue weighted by atomic mass is 10.0. The zero-order valence-corrected chi connectivity index (χ0v) is 10.6. The molecule has 0 N–H and O–H groups in total. The average Bonchev–Trinajstić information content (AvgIpc) is 2.33. The second-order valence-electron chi connectivity index (χ2n) is 4.16. The standard InChI is InChI=1S/C15H13ClO/c1-10-3-6-12(7-4-10)15(17)13-8-5-11(2)14(16)9-13/h3-9H,1-2H3. The SMILES string of the molecule is Cc1ccc(C(=O)c2ccc(C)c(Cl)c2)cc1. The van der Waals surface area contributed by atoms with Crippen LogP contribution in [-0.4, -0.2) is 5.78 Å². The highest BCUT2D eigenvalue weighted by Crippen LogP contribution is 2.19. The summed E-state index contributed by atoms with van der Waals surface area (Å²) in [6, 6.07) is 12.9. The number of carbonyl (C=O) groups is 1. The maximum Gasteiger partial charge on any atom is 0.193 e. The number of rotatable bonds is 2. The Bertz CT molecular complexity index is 556. The number of hydrogen-bond acceptors (Lipinski definition) is 1. The van der Waals surface area contributed by atoms with Gasteiger partial charge in [-0.05, 0) is 25.5 Å². The van der Waals surface area contributed by atoms with Crippen LogP contribution in [0.2, 0.25) is 5.02 Å². The quantitative estimate of drug-likeness (QED) is 0.724. The van der Waals surface area contributed by atoms with Crippen LogP contribution in [0.3, 0.4) is 0 Å². The Morgan fingerprint density at radius 3 is 2.12 bits per heavy atom. The molecule has 0 saturated heterocycles. The summed E-state index contributed by atoms with van der Waals surface area (Å²) in [7, 11) is 0. The molecule has 0 aliphatic heterocycles. The summed E-state index contributed by atoms with van der Waals surface area (Å²) >= 11 is 6.02. The first kappa shape index (κ1) is 11.9. The molecule has 0 atom stereocenters. The van der Waals surface area contributed by atoms with Crippen LogP contribution in [-0.2, 0) is 0 Å². The molecule has 0 aliphatic carbocycles. The molecule has 0 saturated carbocycles. The Kier molecular flexibility index (Phi) is 3.30. The van der Waals surface area contributed by atoms with Gasteiger partial charge in [0.15, 0.2) is 5.78 Å². The molecule has 0 aliphatic rings. The van der Waals surface area contributed by atoms with Crippen LogP contribution in [0, 0.1) is 13.8 Å². The van der Waals surface area contributed by atoms with E-state index >= 15 is 0 Å². The lowest BCUT2D eigenvalue weighted by molar-refractivity contribution is 0.103. The molecule has 0 unspecified atom stereocenters. The zero-order valence-electron chi connectivity index (χ0n) is 9.83.